The highest BCUT2D eigenvalue weighted by molar-refractivity contribution is 8.02. The van der Waals surface area contributed by atoms with Crippen LogP contribution in [0.1, 0.15) is 34.6 Å². The molecule has 9 heavy (non-hydrogen) atoms. The Morgan fingerprint density at radius 1 is 1.33 bits per heavy atom. The second-order valence-electron chi connectivity index (χ2n) is 3.24. The van der Waals surface area contributed by atoms with Crippen molar-refractivity contribution in [2.45, 2.75) is 34.6 Å². The summed E-state index contributed by atoms with van der Waals surface area (Å²) in [5.41, 5.74) is 0.390. The van der Waals surface area contributed by atoms with Gasteiger partial charge in [-0.05, 0) is 18.1 Å². The lowest BCUT2D eigenvalue weighted by molar-refractivity contribution is 0.480. The molecule has 0 bridgehead atoms. The maximum atomic E-state index is 2.25. The summed E-state index contributed by atoms with van der Waals surface area (Å²) in [6.07, 6.45) is 0. The molecule has 0 N–H and O–H groups in total. The molecule has 1 heteroatoms. The smallest absolute Gasteiger partial charge is 0.0329 e. The first kappa shape index (κ1) is 9.35. The van der Waals surface area contributed by atoms with Gasteiger partial charge >= 0.3 is 0 Å². The molecule has 0 nitrogen and oxygen atoms in total. The van der Waals surface area contributed by atoms with Crippen LogP contribution >= 0.6 is 11.8 Å². The van der Waals surface area contributed by atoms with Crippen molar-refractivity contribution in [3.63, 3.8) is 0 Å². The molecule has 0 aliphatic rings. The molecule has 0 saturated heterocycles. The first-order valence-corrected chi connectivity index (χ1v) is 4.44. The van der Waals surface area contributed by atoms with Gasteiger partial charge in [0.25, 0.3) is 0 Å². The number of hydrogen-bond donors (Lipinski definition) is 0. The van der Waals surface area contributed by atoms with Crippen LogP contribution in [0.3, 0.4) is 0 Å². The molecule has 0 heterocycles. The van der Waals surface area contributed by atoms with Gasteiger partial charge in [-0.3, -0.25) is 0 Å². The van der Waals surface area contributed by atoms with Crippen molar-refractivity contribution >= 4 is 11.8 Å². The lowest BCUT2D eigenvalue weighted by Gasteiger charge is -2.25. The molecule has 0 atom stereocenters. The average molecular weight is 145 g/mol. The van der Waals surface area contributed by atoms with Gasteiger partial charge in [0.1, 0.15) is 0 Å². The normalized spacial score (nSPS) is 12.7. The summed E-state index contributed by atoms with van der Waals surface area (Å²) in [5, 5.41) is 1.53. The summed E-state index contributed by atoms with van der Waals surface area (Å²) < 4.78 is 0. The van der Waals surface area contributed by atoms with Crippen LogP contribution in [0.5, 0.6) is 0 Å². The maximum Gasteiger partial charge on any atom is 0.0329 e. The number of rotatable bonds is 2. The first-order chi connectivity index (χ1) is 3.98. The summed E-state index contributed by atoms with van der Waals surface area (Å²) in [6, 6.07) is 0. The first-order valence-electron chi connectivity index (χ1n) is 3.45. The summed E-state index contributed by atoms with van der Waals surface area (Å²) in [5.74, 6) is 1.20. The number of thioether (sulfide) groups is 1. The molecule has 0 aromatic heterocycles. The molecule has 0 spiro atoms. The molecule has 0 aromatic carbocycles. The van der Waals surface area contributed by atoms with Crippen LogP contribution in [-0.4, -0.2) is 5.75 Å². The van der Waals surface area contributed by atoms with Crippen molar-refractivity contribution in [3.05, 3.63) is 5.25 Å². The fourth-order valence-corrected chi connectivity index (χ4v) is 1.30. The fourth-order valence-electron chi connectivity index (χ4n) is 0.433. The van der Waals surface area contributed by atoms with Gasteiger partial charge in [-0.15, -0.1) is 0 Å². The zero-order valence-electron chi connectivity index (χ0n) is 7.12. The van der Waals surface area contributed by atoms with Gasteiger partial charge in [-0.25, -0.2) is 0 Å². The molecular weight excluding hydrogens is 128 g/mol. The molecule has 1 radical (unpaired) electrons. The van der Waals surface area contributed by atoms with Gasteiger partial charge in [0.15, 0.2) is 0 Å². The molecule has 0 aromatic rings. The van der Waals surface area contributed by atoms with E-state index < -0.39 is 0 Å². The van der Waals surface area contributed by atoms with Crippen LogP contribution in [0.4, 0.5) is 0 Å². The van der Waals surface area contributed by atoms with E-state index in [9.17, 15) is 0 Å². The van der Waals surface area contributed by atoms with Crippen LogP contribution in [0.2, 0.25) is 0 Å². The van der Waals surface area contributed by atoms with Gasteiger partial charge in [-0.1, -0.05) is 27.7 Å². The zero-order valence-corrected chi connectivity index (χ0v) is 7.93. The minimum Gasteiger partial charge on any atom is -0.154 e. The lowest BCUT2D eigenvalue weighted by atomic mass is 9.93. The molecule has 0 amide bonds. The molecule has 0 aliphatic heterocycles. The van der Waals surface area contributed by atoms with Gasteiger partial charge in [0.05, 0.1) is 0 Å². The SMILES string of the molecule is CCS[C](C)C(C)(C)C. The summed E-state index contributed by atoms with van der Waals surface area (Å²) in [4.78, 5) is 0. The Kier molecular flexibility index (Phi) is 3.64. The van der Waals surface area contributed by atoms with Crippen LogP contribution < -0.4 is 0 Å². The Bertz CT molecular complexity index is 71.1. The van der Waals surface area contributed by atoms with E-state index in [1.54, 1.807) is 0 Å². The summed E-state index contributed by atoms with van der Waals surface area (Å²) in [6.45, 7) is 11.2. The molecule has 0 aliphatic carbocycles. The van der Waals surface area contributed by atoms with Gasteiger partial charge in [0.2, 0.25) is 0 Å². The predicted octanol–water partition coefficient (Wildman–Crippen LogP) is 3.34. The van der Waals surface area contributed by atoms with E-state index >= 15 is 0 Å². The lowest BCUT2D eigenvalue weighted by Crippen LogP contribution is -2.11. The van der Waals surface area contributed by atoms with E-state index in [1.165, 1.54) is 11.0 Å². The minimum absolute atomic E-state index is 0.390. The third kappa shape index (κ3) is 3.85. The molecule has 0 unspecified atom stereocenters. The van der Waals surface area contributed by atoms with E-state index in [1.807, 2.05) is 11.8 Å². The van der Waals surface area contributed by atoms with Crippen molar-refractivity contribution in [3.8, 4) is 0 Å². The van der Waals surface area contributed by atoms with Gasteiger partial charge < -0.3 is 0 Å². The Morgan fingerprint density at radius 2 is 1.78 bits per heavy atom. The molecule has 0 rings (SSSR count). The number of hydrogen-bond acceptors (Lipinski definition) is 1. The molecule has 0 saturated carbocycles. The molecular formula is C8H17S. The van der Waals surface area contributed by atoms with Crippen molar-refractivity contribution < 1.29 is 0 Å². The van der Waals surface area contributed by atoms with E-state index in [-0.39, 0.29) is 0 Å². The highest BCUT2D eigenvalue weighted by Crippen LogP contribution is 2.36. The van der Waals surface area contributed by atoms with Gasteiger partial charge in [0, 0.05) is 5.25 Å². The topological polar surface area (TPSA) is 0 Å². The second kappa shape index (κ2) is 3.50. The Labute approximate surface area is 63.4 Å². The summed E-state index contributed by atoms with van der Waals surface area (Å²) in [7, 11) is 0. The standard InChI is InChI=1S/C8H17S/c1-6-9-7(2)8(3,4)5/h6H2,1-5H3. The maximum absolute atomic E-state index is 2.25. The quantitative estimate of drug-likeness (QED) is 0.574. The largest absolute Gasteiger partial charge is 0.154 e. The van der Waals surface area contributed by atoms with Crippen molar-refractivity contribution in [1.82, 2.24) is 0 Å². The van der Waals surface area contributed by atoms with Crippen molar-refractivity contribution in [1.29, 1.82) is 0 Å². The highest BCUT2D eigenvalue weighted by Gasteiger charge is 2.19. The van der Waals surface area contributed by atoms with Crippen molar-refractivity contribution in [2.75, 3.05) is 5.75 Å². The summed E-state index contributed by atoms with van der Waals surface area (Å²) >= 11 is 1.95. The Balaban J connectivity index is 3.59. The van der Waals surface area contributed by atoms with E-state index in [0.717, 1.165) is 0 Å². The molecule has 55 valence electrons. The van der Waals surface area contributed by atoms with Crippen LogP contribution in [-0.2, 0) is 0 Å². The van der Waals surface area contributed by atoms with Crippen LogP contribution in [0, 0.1) is 10.7 Å². The van der Waals surface area contributed by atoms with Crippen molar-refractivity contribution in [2.24, 2.45) is 5.41 Å². The van der Waals surface area contributed by atoms with Crippen LogP contribution in [0.25, 0.3) is 0 Å². The third-order valence-electron chi connectivity index (χ3n) is 1.42. The van der Waals surface area contributed by atoms with E-state index in [2.05, 4.69) is 34.6 Å². The average Bonchev–Trinajstić information content (AvgIpc) is 1.64. The van der Waals surface area contributed by atoms with E-state index in [0.29, 0.717) is 5.41 Å². The Morgan fingerprint density at radius 3 is 1.89 bits per heavy atom. The van der Waals surface area contributed by atoms with E-state index in [4.69, 9.17) is 0 Å². The Hall–Kier alpha value is 0.350. The fraction of sp³-hybridized carbons (Fsp3) is 0.875. The third-order valence-corrected chi connectivity index (χ3v) is 2.75. The minimum atomic E-state index is 0.390. The van der Waals surface area contributed by atoms with Gasteiger partial charge in [-0.2, -0.15) is 11.8 Å². The molecule has 0 fully saturated rings. The van der Waals surface area contributed by atoms with Crippen LogP contribution in [0.15, 0.2) is 0 Å². The highest BCUT2D eigenvalue weighted by atomic mass is 32.2. The predicted molar refractivity (Wildman–Crippen MR) is 46.5 cm³/mol. The monoisotopic (exact) mass is 145 g/mol. The zero-order chi connectivity index (χ0) is 7.49. The second-order valence-corrected chi connectivity index (χ2v) is 4.72.